The SMILES string of the molecule is NC(=O)C1CCCN1C1CC(N)C1. The van der Waals surface area contributed by atoms with Crippen molar-refractivity contribution in [2.75, 3.05) is 6.54 Å². The lowest BCUT2D eigenvalue weighted by Gasteiger charge is -2.41. The van der Waals surface area contributed by atoms with Crippen LogP contribution in [0.4, 0.5) is 0 Å². The van der Waals surface area contributed by atoms with Crippen molar-refractivity contribution < 1.29 is 4.79 Å². The Morgan fingerprint density at radius 3 is 2.62 bits per heavy atom. The van der Waals surface area contributed by atoms with Gasteiger partial charge in [-0.15, -0.1) is 0 Å². The molecule has 0 radical (unpaired) electrons. The molecular formula is C9H17N3O. The highest BCUT2D eigenvalue weighted by atomic mass is 16.1. The summed E-state index contributed by atoms with van der Waals surface area (Å²) in [6.07, 6.45) is 4.09. The van der Waals surface area contributed by atoms with Crippen molar-refractivity contribution in [3.63, 3.8) is 0 Å². The Morgan fingerprint density at radius 2 is 2.08 bits per heavy atom. The van der Waals surface area contributed by atoms with E-state index in [0.29, 0.717) is 12.1 Å². The van der Waals surface area contributed by atoms with Gasteiger partial charge in [0.25, 0.3) is 0 Å². The van der Waals surface area contributed by atoms with Crippen molar-refractivity contribution >= 4 is 5.91 Å². The van der Waals surface area contributed by atoms with E-state index in [1.165, 1.54) is 0 Å². The van der Waals surface area contributed by atoms with Crippen molar-refractivity contribution in [2.45, 2.75) is 43.8 Å². The first kappa shape index (κ1) is 8.97. The van der Waals surface area contributed by atoms with Crippen LogP contribution in [0, 0.1) is 0 Å². The molecule has 0 aromatic carbocycles. The summed E-state index contributed by atoms with van der Waals surface area (Å²) in [4.78, 5) is 13.3. The Hall–Kier alpha value is -0.610. The molecule has 4 heteroatoms. The minimum Gasteiger partial charge on any atom is -0.368 e. The molecule has 1 aliphatic heterocycles. The fourth-order valence-electron chi connectivity index (χ4n) is 2.43. The maximum atomic E-state index is 11.1. The molecule has 1 saturated carbocycles. The van der Waals surface area contributed by atoms with E-state index in [0.717, 1.165) is 32.2 Å². The van der Waals surface area contributed by atoms with Crippen LogP contribution in [-0.4, -0.2) is 35.5 Å². The Kier molecular flexibility index (Phi) is 2.26. The minimum absolute atomic E-state index is 0.0162. The van der Waals surface area contributed by atoms with Crippen LogP contribution in [-0.2, 0) is 4.79 Å². The van der Waals surface area contributed by atoms with Gasteiger partial charge in [0.15, 0.2) is 0 Å². The summed E-state index contributed by atoms with van der Waals surface area (Å²) in [6, 6.07) is 0.853. The van der Waals surface area contributed by atoms with E-state index in [4.69, 9.17) is 11.5 Å². The summed E-state index contributed by atoms with van der Waals surface area (Å²) < 4.78 is 0. The maximum Gasteiger partial charge on any atom is 0.234 e. The van der Waals surface area contributed by atoms with Crippen LogP contribution < -0.4 is 11.5 Å². The average Bonchev–Trinajstić information content (AvgIpc) is 2.45. The third-order valence-corrected chi connectivity index (χ3v) is 3.24. The minimum atomic E-state index is -0.169. The van der Waals surface area contributed by atoms with E-state index in [2.05, 4.69) is 4.90 Å². The zero-order valence-electron chi connectivity index (χ0n) is 7.78. The number of hydrogen-bond acceptors (Lipinski definition) is 3. The topological polar surface area (TPSA) is 72.4 Å². The van der Waals surface area contributed by atoms with Gasteiger partial charge in [-0.1, -0.05) is 0 Å². The first-order valence-corrected chi connectivity index (χ1v) is 4.99. The second-order valence-corrected chi connectivity index (χ2v) is 4.18. The van der Waals surface area contributed by atoms with E-state index in [-0.39, 0.29) is 11.9 Å². The number of nitrogens with zero attached hydrogens (tertiary/aromatic N) is 1. The van der Waals surface area contributed by atoms with Crippen molar-refractivity contribution in [3.8, 4) is 0 Å². The molecule has 1 aliphatic carbocycles. The number of hydrogen-bond donors (Lipinski definition) is 2. The number of rotatable bonds is 2. The molecule has 2 aliphatic rings. The van der Waals surface area contributed by atoms with Crippen LogP contribution >= 0.6 is 0 Å². The number of nitrogens with two attached hydrogens (primary N) is 2. The third kappa shape index (κ3) is 1.56. The Labute approximate surface area is 78.2 Å². The molecule has 1 amide bonds. The molecule has 4 nitrogen and oxygen atoms in total. The highest BCUT2D eigenvalue weighted by molar-refractivity contribution is 5.80. The molecule has 2 fully saturated rings. The smallest absolute Gasteiger partial charge is 0.234 e. The maximum absolute atomic E-state index is 11.1. The molecule has 74 valence electrons. The molecule has 13 heavy (non-hydrogen) atoms. The average molecular weight is 183 g/mol. The molecule has 0 aromatic rings. The summed E-state index contributed by atoms with van der Waals surface area (Å²) in [6.45, 7) is 1.02. The molecule has 1 unspecified atom stereocenters. The van der Waals surface area contributed by atoms with Crippen LogP contribution in [0.15, 0.2) is 0 Å². The quantitative estimate of drug-likeness (QED) is 0.602. The first-order valence-electron chi connectivity index (χ1n) is 4.99. The van der Waals surface area contributed by atoms with E-state index < -0.39 is 0 Å². The number of carbonyl (C=O) groups is 1. The van der Waals surface area contributed by atoms with Crippen LogP contribution in [0.1, 0.15) is 25.7 Å². The molecule has 2 rings (SSSR count). The van der Waals surface area contributed by atoms with Gasteiger partial charge in [-0.2, -0.15) is 0 Å². The second-order valence-electron chi connectivity index (χ2n) is 4.18. The number of carbonyl (C=O) groups excluding carboxylic acids is 1. The molecule has 0 bridgehead atoms. The van der Waals surface area contributed by atoms with Crippen molar-refractivity contribution in [1.29, 1.82) is 0 Å². The van der Waals surface area contributed by atoms with E-state index in [1.807, 2.05) is 0 Å². The molecule has 1 heterocycles. The summed E-state index contributed by atoms with van der Waals surface area (Å²) in [7, 11) is 0. The summed E-state index contributed by atoms with van der Waals surface area (Å²) in [5, 5.41) is 0. The van der Waals surface area contributed by atoms with Gasteiger partial charge in [0, 0.05) is 12.1 Å². The second kappa shape index (κ2) is 3.27. The molecule has 0 spiro atoms. The predicted octanol–water partition coefficient (Wildman–Crippen LogP) is -0.574. The lowest BCUT2D eigenvalue weighted by atomic mass is 9.86. The predicted molar refractivity (Wildman–Crippen MR) is 49.9 cm³/mol. The van der Waals surface area contributed by atoms with Gasteiger partial charge in [0.05, 0.1) is 6.04 Å². The van der Waals surface area contributed by atoms with E-state index >= 15 is 0 Å². The normalized spacial score (nSPS) is 40.2. The fraction of sp³-hybridized carbons (Fsp3) is 0.889. The zero-order chi connectivity index (χ0) is 9.42. The Morgan fingerprint density at radius 1 is 1.38 bits per heavy atom. The summed E-state index contributed by atoms with van der Waals surface area (Å²) in [5.74, 6) is -0.169. The molecule has 1 atom stereocenters. The number of amides is 1. The van der Waals surface area contributed by atoms with Crippen LogP contribution in [0.2, 0.25) is 0 Å². The standard InChI is InChI=1S/C9H17N3O/c10-6-4-7(5-6)12-3-1-2-8(12)9(11)13/h6-8H,1-5,10H2,(H2,11,13). The summed E-state index contributed by atoms with van der Waals surface area (Å²) in [5.41, 5.74) is 11.0. The van der Waals surface area contributed by atoms with E-state index in [1.54, 1.807) is 0 Å². The van der Waals surface area contributed by atoms with Crippen LogP contribution in [0.5, 0.6) is 0 Å². The zero-order valence-corrected chi connectivity index (χ0v) is 7.78. The Balaban J connectivity index is 1.94. The van der Waals surface area contributed by atoms with Gasteiger partial charge in [-0.25, -0.2) is 0 Å². The highest BCUT2D eigenvalue weighted by Gasteiger charge is 2.39. The molecule has 0 aromatic heterocycles. The molecular weight excluding hydrogens is 166 g/mol. The number of likely N-dealkylation sites (tertiary alicyclic amines) is 1. The first-order chi connectivity index (χ1) is 6.18. The molecule has 1 saturated heterocycles. The molecule has 4 N–H and O–H groups in total. The van der Waals surface area contributed by atoms with Crippen molar-refractivity contribution in [1.82, 2.24) is 4.90 Å². The largest absolute Gasteiger partial charge is 0.368 e. The highest BCUT2D eigenvalue weighted by Crippen LogP contribution is 2.30. The van der Waals surface area contributed by atoms with Gasteiger partial charge in [-0.3, -0.25) is 9.69 Å². The van der Waals surface area contributed by atoms with Crippen LogP contribution in [0.3, 0.4) is 0 Å². The van der Waals surface area contributed by atoms with Crippen molar-refractivity contribution in [2.24, 2.45) is 11.5 Å². The summed E-state index contributed by atoms with van der Waals surface area (Å²) >= 11 is 0. The van der Waals surface area contributed by atoms with E-state index in [9.17, 15) is 4.79 Å². The lowest BCUT2D eigenvalue weighted by molar-refractivity contribution is -0.123. The Bertz CT molecular complexity index is 213. The van der Waals surface area contributed by atoms with Gasteiger partial charge in [0.2, 0.25) is 5.91 Å². The van der Waals surface area contributed by atoms with Gasteiger partial charge >= 0.3 is 0 Å². The van der Waals surface area contributed by atoms with Crippen molar-refractivity contribution in [3.05, 3.63) is 0 Å². The third-order valence-electron chi connectivity index (χ3n) is 3.24. The van der Waals surface area contributed by atoms with Gasteiger partial charge < -0.3 is 11.5 Å². The number of primary amides is 1. The van der Waals surface area contributed by atoms with Gasteiger partial charge in [0.1, 0.15) is 0 Å². The van der Waals surface area contributed by atoms with Gasteiger partial charge in [-0.05, 0) is 32.2 Å². The fourth-order valence-corrected chi connectivity index (χ4v) is 2.43. The van der Waals surface area contributed by atoms with Crippen LogP contribution in [0.25, 0.3) is 0 Å². The monoisotopic (exact) mass is 183 g/mol. The lowest BCUT2D eigenvalue weighted by Crippen LogP contribution is -2.54.